The van der Waals surface area contributed by atoms with E-state index in [4.69, 9.17) is 10.2 Å². The predicted octanol–water partition coefficient (Wildman–Crippen LogP) is 1.30. The molecule has 16 heavy (non-hydrogen) atoms. The van der Waals surface area contributed by atoms with Crippen LogP contribution in [0, 0.1) is 17.0 Å². The molecule has 0 saturated carbocycles. The molecule has 0 spiro atoms. The molecule has 0 aliphatic carbocycles. The number of carboxylic acids is 2. The van der Waals surface area contributed by atoms with E-state index in [1.54, 1.807) is 0 Å². The van der Waals surface area contributed by atoms with Gasteiger partial charge < -0.3 is 10.2 Å². The topological polar surface area (TPSA) is 118 Å². The first-order chi connectivity index (χ1) is 7.34. The molecule has 7 nitrogen and oxygen atoms in total. The van der Waals surface area contributed by atoms with Crippen LogP contribution in [0.3, 0.4) is 0 Å². The van der Waals surface area contributed by atoms with Gasteiger partial charge in [-0.2, -0.15) is 0 Å². The maximum Gasteiger partial charge on any atom is 0.342 e. The number of nitrogens with zero attached hydrogens (tertiary/aromatic N) is 1. The maximum absolute atomic E-state index is 10.7. The summed E-state index contributed by atoms with van der Waals surface area (Å²) in [6.07, 6.45) is 0. The van der Waals surface area contributed by atoms with Gasteiger partial charge in [-0.1, -0.05) is 0 Å². The highest BCUT2D eigenvalue weighted by molar-refractivity contribution is 5.97. The van der Waals surface area contributed by atoms with Crippen molar-refractivity contribution in [1.82, 2.24) is 0 Å². The number of aromatic carboxylic acids is 2. The monoisotopic (exact) mass is 225 g/mol. The largest absolute Gasteiger partial charge is 0.478 e. The summed E-state index contributed by atoms with van der Waals surface area (Å²) in [6.45, 7) is 1.37. The van der Waals surface area contributed by atoms with Crippen LogP contribution in [0.15, 0.2) is 12.1 Å². The standard InChI is InChI=1S/C9H7NO6/c1-4-2-6(9(13)14)7(10(15)16)3-5(4)8(11)12/h2-3H,1H3,(H,11,12)(H,13,14). The Bertz CT molecular complexity index is 493. The van der Waals surface area contributed by atoms with E-state index in [0.29, 0.717) is 0 Å². The molecule has 0 radical (unpaired) electrons. The Hall–Kier alpha value is -2.44. The van der Waals surface area contributed by atoms with Crippen LogP contribution in [0.4, 0.5) is 5.69 Å². The highest BCUT2D eigenvalue weighted by atomic mass is 16.6. The number of carboxylic acid groups (broad SMARTS) is 2. The zero-order valence-corrected chi connectivity index (χ0v) is 8.13. The summed E-state index contributed by atoms with van der Waals surface area (Å²) in [5.74, 6) is -2.80. The SMILES string of the molecule is Cc1cc(C(=O)O)c([N+](=O)[O-])cc1C(=O)O. The number of aryl methyl sites for hydroxylation is 1. The predicted molar refractivity (Wildman–Crippen MR) is 51.8 cm³/mol. The van der Waals surface area contributed by atoms with E-state index >= 15 is 0 Å². The Labute approximate surface area is 89.1 Å². The maximum atomic E-state index is 10.7. The second kappa shape index (κ2) is 3.97. The Morgan fingerprint density at radius 2 is 1.69 bits per heavy atom. The van der Waals surface area contributed by atoms with Gasteiger partial charge >= 0.3 is 11.9 Å². The van der Waals surface area contributed by atoms with Gasteiger partial charge in [0.2, 0.25) is 0 Å². The van der Waals surface area contributed by atoms with E-state index < -0.39 is 28.1 Å². The van der Waals surface area contributed by atoms with Crippen molar-refractivity contribution in [2.75, 3.05) is 0 Å². The second-order valence-electron chi connectivity index (χ2n) is 3.05. The lowest BCUT2D eigenvalue weighted by Gasteiger charge is -2.03. The van der Waals surface area contributed by atoms with Crippen LogP contribution in [0.5, 0.6) is 0 Å². The number of carbonyl (C=O) groups is 2. The van der Waals surface area contributed by atoms with E-state index in [1.807, 2.05) is 0 Å². The minimum Gasteiger partial charge on any atom is -0.478 e. The summed E-state index contributed by atoms with van der Waals surface area (Å²) in [6, 6.07) is 1.73. The molecule has 1 aromatic carbocycles. The Morgan fingerprint density at radius 3 is 2.06 bits per heavy atom. The van der Waals surface area contributed by atoms with Gasteiger partial charge in [0.05, 0.1) is 10.5 Å². The lowest BCUT2D eigenvalue weighted by molar-refractivity contribution is -0.385. The van der Waals surface area contributed by atoms with Crippen molar-refractivity contribution in [1.29, 1.82) is 0 Å². The van der Waals surface area contributed by atoms with Gasteiger partial charge in [0.1, 0.15) is 5.56 Å². The Morgan fingerprint density at radius 1 is 1.19 bits per heavy atom. The molecule has 0 atom stereocenters. The quantitative estimate of drug-likeness (QED) is 0.591. The lowest BCUT2D eigenvalue weighted by atomic mass is 10.0. The number of benzene rings is 1. The normalized spacial score (nSPS) is 9.81. The number of nitro benzene ring substituents is 1. The van der Waals surface area contributed by atoms with E-state index in [1.165, 1.54) is 6.92 Å². The van der Waals surface area contributed by atoms with Gasteiger partial charge in [-0.25, -0.2) is 9.59 Å². The highest BCUT2D eigenvalue weighted by Crippen LogP contribution is 2.23. The van der Waals surface area contributed by atoms with Crippen molar-refractivity contribution < 1.29 is 24.7 Å². The van der Waals surface area contributed by atoms with Gasteiger partial charge in [-0.05, 0) is 18.6 Å². The first-order valence-corrected chi connectivity index (χ1v) is 4.10. The molecule has 0 aromatic heterocycles. The molecule has 0 bridgehead atoms. The average molecular weight is 225 g/mol. The highest BCUT2D eigenvalue weighted by Gasteiger charge is 2.23. The summed E-state index contributed by atoms with van der Waals surface area (Å²) in [5, 5.41) is 28.0. The molecule has 2 N–H and O–H groups in total. The number of rotatable bonds is 3. The third-order valence-corrected chi connectivity index (χ3v) is 2.00. The first kappa shape index (κ1) is 11.6. The number of hydrogen-bond donors (Lipinski definition) is 2. The van der Waals surface area contributed by atoms with Gasteiger partial charge in [-0.15, -0.1) is 0 Å². The van der Waals surface area contributed by atoms with Gasteiger partial charge in [0.15, 0.2) is 0 Å². The van der Waals surface area contributed by atoms with Crippen molar-refractivity contribution in [3.8, 4) is 0 Å². The van der Waals surface area contributed by atoms with E-state index in [-0.39, 0.29) is 11.1 Å². The van der Waals surface area contributed by atoms with Crippen LogP contribution >= 0.6 is 0 Å². The third kappa shape index (κ3) is 1.97. The zero-order valence-electron chi connectivity index (χ0n) is 8.13. The number of hydrogen-bond acceptors (Lipinski definition) is 4. The second-order valence-corrected chi connectivity index (χ2v) is 3.05. The molecule has 0 aliphatic heterocycles. The van der Waals surface area contributed by atoms with Gasteiger partial charge in [-0.3, -0.25) is 10.1 Å². The fraction of sp³-hybridized carbons (Fsp3) is 0.111. The lowest BCUT2D eigenvalue weighted by Crippen LogP contribution is -2.07. The molecule has 1 aromatic rings. The average Bonchev–Trinajstić information content (AvgIpc) is 2.15. The van der Waals surface area contributed by atoms with Crippen LogP contribution in [0.25, 0.3) is 0 Å². The summed E-state index contributed by atoms with van der Waals surface area (Å²) < 4.78 is 0. The van der Waals surface area contributed by atoms with Crippen molar-refractivity contribution in [3.63, 3.8) is 0 Å². The van der Waals surface area contributed by atoms with Crippen LogP contribution in [0.2, 0.25) is 0 Å². The smallest absolute Gasteiger partial charge is 0.342 e. The van der Waals surface area contributed by atoms with Gasteiger partial charge in [0.25, 0.3) is 5.69 Å². The summed E-state index contributed by atoms with van der Waals surface area (Å²) >= 11 is 0. The van der Waals surface area contributed by atoms with Crippen molar-refractivity contribution in [2.24, 2.45) is 0 Å². The zero-order chi connectivity index (χ0) is 12.5. The molecule has 0 unspecified atom stereocenters. The molecule has 0 fully saturated rings. The molecule has 0 saturated heterocycles. The van der Waals surface area contributed by atoms with Crippen LogP contribution in [0.1, 0.15) is 26.3 Å². The van der Waals surface area contributed by atoms with E-state index in [2.05, 4.69) is 0 Å². The number of nitro groups is 1. The fourth-order valence-corrected chi connectivity index (χ4v) is 1.25. The van der Waals surface area contributed by atoms with Crippen LogP contribution < -0.4 is 0 Å². The summed E-state index contributed by atoms with van der Waals surface area (Å²) in [7, 11) is 0. The first-order valence-electron chi connectivity index (χ1n) is 4.10. The van der Waals surface area contributed by atoms with Gasteiger partial charge in [0, 0.05) is 6.07 Å². The van der Waals surface area contributed by atoms with Crippen molar-refractivity contribution in [2.45, 2.75) is 6.92 Å². The minimum atomic E-state index is -1.47. The molecular weight excluding hydrogens is 218 g/mol. The van der Waals surface area contributed by atoms with E-state index in [9.17, 15) is 19.7 Å². The van der Waals surface area contributed by atoms with Crippen LogP contribution in [-0.2, 0) is 0 Å². The molecule has 1 rings (SSSR count). The molecule has 84 valence electrons. The van der Waals surface area contributed by atoms with Crippen molar-refractivity contribution in [3.05, 3.63) is 38.9 Å². The Balaban J connectivity index is 3.55. The minimum absolute atomic E-state index is 0.163. The molecule has 7 heteroatoms. The third-order valence-electron chi connectivity index (χ3n) is 2.00. The fourth-order valence-electron chi connectivity index (χ4n) is 1.25. The van der Waals surface area contributed by atoms with Crippen LogP contribution in [-0.4, -0.2) is 27.1 Å². The Kier molecular flexibility index (Phi) is 2.89. The summed E-state index contributed by atoms with van der Waals surface area (Å²) in [5.41, 5.74) is -1.37. The molecule has 0 heterocycles. The molecular formula is C9H7NO6. The molecule has 0 aliphatic rings. The van der Waals surface area contributed by atoms with Crippen molar-refractivity contribution >= 4 is 17.6 Å². The molecule has 0 amide bonds. The summed E-state index contributed by atoms with van der Waals surface area (Å²) in [4.78, 5) is 31.1. The van der Waals surface area contributed by atoms with E-state index in [0.717, 1.165) is 12.1 Å².